The lowest BCUT2D eigenvalue weighted by molar-refractivity contribution is 0.513. The van der Waals surface area contributed by atoms with Crippen LogP contribution < -0.4 is 5.32 Å². The number of nitrogens with one attached hydrogen (secondary N) is 1. The number of nitrogens with zero attached hydrogens (tertiary/aromatic N) is 1. The highest BCUT2D eigenvalue weighted by atomic mass is 79.9. The fraction of sp³-hybridized carbons (Fsp3) is 0.438. The molecule has 0 aliphatic carbocycles. The van der Waals surface area contributed by atoms with E-state index in [1.165, 1.54) is 15.0 Å². The first-order chi connectivity index (χ1) is 9.66. The average Bonchev–Trinajstić information content (AvgIpc) is 2.91. The summed E-state index contributed by atoms with van der Waals surface area (Å²) in [7, 11) is 0. The Hall–Kier alpha value is -0.710. The topological polar surface area (TPSA) is 24.9 Å². The summed E-state index contributed by atoms with van der Waals surface area (Å²) in [5.41, 5.74) is 1.36. The third kappa shape index (κ3) is 4.69. The van der Waals surface area contributed by atoms with E-state index in [-0.39, 0.29) is 0 Å². The van der Waals surface area contributed by atoms with Gasteiger partial charge in [0, 0.05) is 34.9 Å². The number of hydrogen-bond donors (Lipinski definition) is 1. The second-order valence-electron chi connectivity index (χ2n) is 5.40. The molecule has 1 unspecified atom stereocenters. The van der Waals surface area contributed by atoms with Crippen molar-refractivity contribution in [2.24, 2.45) is 5.92 Å². The minimum atomic E-state index is 0.454. The first-order valence-corrected chi connectivity index (χ1v) is 8.67. The number of hydrogen-bond acceptors (Lipinski definition) is 3. The lowest BCUT2D eigenvalue weighted by atomic mass is 9.95. The molecule has 0 aliphatic heterocycles. The van der Waals surface area contributed by atoms with Crippen molar-refractivity contribution in [3.05, 3.63) is 50.9 Å². The first kappa shape index (κ1) is 15.7. The maximum Gasteiger partial charge on any atom is 0.0931 e. The quantitative estimate of drug-likeness (QED) is 0.794. The Morgan fingerprint density at radius 3 is 2.70 bits per heavy atom. The van der Waals surface area contributed by atoms with Crippen molar-refractivity contribution in [1.82, 2.24) is 10.3 Å². The third-order valence-corrected chi connectivity index (χ3v) is 4.72. The van der Waals surface area contributed by atoms with Crippen LogP contribution in [0.15, 0.2) is 40.3 Å². The van der Waals surface area contributed by atoms with E-state index in [0.29, 0.717) is 11.8 Å². The molecule has 1 aromatic heterocycles. The zero-order valence-corrected chi connectivity index (χ0v) is 14.4. The maximum atomic E-state index is 4.43. The largest absolute Gasteiger partial charge is 0.316 e. The van der Waals surface area contributed by atoms with Crippen molar-refractivity contribution in [3.63, 3.8) is 0 Å². The van der Waals surface area contributed by atoms with Crippen LogP contribution in [0.25, 0.3) is 0 Å². The van der Waals surface area contributed by atoms with Gasteiger partial charge in [-0.15, -0.1) is 11.3 Å². The molecule has 1 atom stereocenters. The van der Waals surface area contributed by atoms with Gasteiger partial charge in [-0.3, -0.25) is 0 Å². The Balaban J connectivity index is 2.09. The standard InChI is InChI=1S/C16H21BrN2S/c1-12(2)10-18-11-13(9-16-19-7-8-20-16)14-5-3-4-6-15(14)17/h3-8,12-13,18H,9-11H2,1-2H3. The van der Waals surface area contributed by atoms with Crippen LogP contribution in [0.3, 0.4) is 0 Å². The van der Waals surface area contributed by atoms with Gasteiger partial charge in [-0.25, -0.2) is 4.98 Å². The van der Waals surface area contributed by atoms with Crippen LogP contribution in [0.2, 0.25) is 0 Å². The molecule has 0 amide bonds. The van der Waals surface area contributed by atoms with Crippen molar-refractivity contribution >= 4 is 27.3 Å². The first-order valence-electron chi connectivity index (χ1n) is 7.00. The van der Waals surface area contributed by atoms with Gasteiger partial charge in [0.1, 0.15) is 0 Å². The molecular formula is C16H21BrN2S. The Morgan fingerprint density at radius 1 is 1.25 bits per heavy atom. The summed E-state index contributed by atoms with van der Waals surface area (Å²) in [4.78, 5) is 4.43. The Morgan fingerprint density at radius 2 is 2.05 bits per heavy atom. The summed E-state index contributed by atoms with van der Waals surface area (Å²) in [6.07, 6.45) is 2.88. The average molecular weight is 353 g/mol. The van der Waals surface area contributed by atoms with E-state index in [1.807, 2.05) is 11.6 Å². The molecule has 1 heterocycles. The molecule has 2 nitrogen and oxygen atoms in total. The van der Waals surface area contributed by atoms with Gasteiger partial charge in [0.25, 0.3) is 0 Å². The molecule has 20 heavy (non-hydrogen) atoms. The van der Waals surface area contributed by atoms with Gasteiger partial charge >= 0.3 is 0 Å². The number of aromatic nitrogens is 1. The number of rotatable bonds is 7. The Labute approximate surface area is 133 Å². The highest BCUT2D eigenvalue weighted by Crippen LogP contribution is 2.28. The molecule has 2 aromatic rings. The molecular weight excluding hydrogens is 332 g/mol. The maximum absolute atomic E-state index is 4.43. The van der Waals surface area contributed by atoms with E-state index in [0.717, 1.165) is 19.5 Å². The SMILES string of the molecule is CC(C)CNCC(Cc1nccs1)c1ccccc1Br. The van der Waals surface area contributed by atoms with Crippen LogP contribution in [0.4, 0.5) is 0 Å². The molecule has 1 N–H and O–H groups in total. The van der Waals surface area contributed by atoms with E-state index in [4.69, 9.17) is 0 Å². The normalized spacial score (nSPS) is 12.8. The van der Waals surface area contributed by atoms with Crippen molar-refractivity contribution in [2.45, 2.75) is 26.2 Å². The molecule has 4 heteroatoms. The highest BCUT2D eigenvalue weighted by Gasteiger charge is 2.16. The van der Waals surface area contributed by atoms with Crippen LogP contribution >= 0.6 is 27.3 Å². The predicted molar refractivity (Wildman–Crippen MR) is 90.4 cm³/mol. The third-order valence-electron chi connectivity index (χ3n) is 3.19. The summed E-state index contributed by atoms with van der Waals surface area (Å²) >= 11 is 5.41. The minimum Gasteiger partial charge on any atom is -0.316 e. The molecule has 108 valence electrons. The molecule has 0 spiro atoms. The number of thiazole rings is 1. The van der Waals surface area contributed by atoms with E-state index in [2.05, 4.69) is 64.3 Å². The van der Waals surface area contributed by atoms with E-state index in [1.54, 1.807) is 11.3 Å². The molecule has 1 aromatic carbocycles. The van der Waals surface area contributed by atoms with Gasteiger partial charge in [0.2, 0.25) is 0 Å². The molecule has 0 saturated heterocycles. The molecule has 0 bridgehead atoms. The molecule has 0 saturated carbocycles. The summed E-state index contributed by atoms with van der Waals surface area (Å²) in [5, 5.41) is 6.83. The fourth-order valence-electron chi connectivity index (χ4n) is 2.21. The molecule has 0 fully saturated rings. The van der Waals surface area contributed by atoms with Crippen molar-refractivity contribution in [1.29, 1.82) is 0 Å². The molecule has 0 aliphatic rings. The van der Waals surface area contributed by atoms with Gasteiger partial charge in [-0.05, 0) is 24.1 Å². The summed E-state index contributed by atoms with van der Waals surface area (Å²) in [6, 6.07) is 8.50. The van der Waals surface area contributed by atoms with Gasteiger partial charge in [0.05, 0.1) is 5.01 Å². The second-order valence-corrected chi connectivity index (χ2v) is 7.23. The zero-order chi connectivity index (χ0) is 14.4. The summed E-state index contributed by atoms with van der Waals surface area (Å²) < 4.78 is 1.19. The van der Waals surface area contributed by atoms with Crippen molar-refractivity contribution in [3.8, 4) is 0 Å². The van der Waals surface area contributed by atoms with Crippen LogP contribution in [0.1, 0.15) is 30.3 Å². The number of halogens is 1. The van der Waals surface area contributed by atoms with Gasteiger partial charge in [-0.1, -0.05) is 48.0 Å². The predicted octanol–water partition coefficient (Wildman–Crippen LogP) is 4.48. The van der Waals surface area contributed by atoms with E-state index in [9.17, 15) is 0 Å². The van der Waals surface area contributed by atoms with E-state index >= 15 is 0 Å². The fourth-order valence-corrected chi connectivity index (χ4v) is 3.52. The van der Waals surface area contributed by atoms with E-state index < -0.39 is 0 Å². The van der Waals surface area contributed by atoms with Crippen LogP contribution in [0, 0.1) is 5.92 Å². The van der Waals surface area contributed by atoms with Crippen LogP contribution in [-0.4, -0.2) is 18.1 Å². The lowest BCUT2D eigenvalue weighted by Crippen LogP contribution is -2.26. The summed E-state index contributed by atoms with van der Waals surface area (Å²) in [6.45, 7) is 6.52. The smallest absolute Gasteiger partial charge is 0.0931 e. The van der Waals surface area contributed by atoms with Gasteiger partial charge < -0.3 is 5.32 Å². The lowest BCUT2D eigenvalue weighted by Gasteiger charge is -2.19. The minimum absolute atomic E-state index is 0.454. The number of benzene rings is 1. The van der Waals surface area contributed by atoms with Crippen molar-refractivity contribution < 1.29 is 0 Å². The second kappa shape index (κ2) is 7.91. The monoisotopic (exact) mass is 352 g/mol. The van der Waals surface area contributed by atoms with Crippen molar-refractivity contribution in [2.75, 3.05) is 13.1 Å². The Bertz CT molecular complexity index is 511. The Kier molecular flexibility index (Phi) is 6.20. The van der Waals surface area contributed by atoms with Gasteiger partial charge in [-0.2, -0.15) is 0 Å². The molecule has 0 radical (unpaired) electrons. The summed E-state index contributed by atoms with van der Waals surface area (Å²) in [5.74, 6) is 1.13. The highest BCUT2D eigenvalue weighted by molar-refractivity contribution is 9.10. The zero-order valence-electron chi connectivity index (χ0n) is 12.0. The molecule has 2 rings (SSSR count). The van der Waals surface area contributed by atoms with Crippen LogP contribution in [-0.2, 0) is 6.42 Å². The van der Waals surface area contributed by atoms with Gasteiger partial charge in [0.15, 0.2) is 0 Å². The van der Waals surface area contributed by atoms with Crippen LogP contribution in [0.5, 0.6) is 0 Å².